The standard InChI is InChI=1S/C20H26N2O3S/c1-14-9-17(15(2)26-14)18(23)12-22-7-5-21(6-8-22)11-16-3-4-19-20(10-16)25-13-24-19/h3-4,9-10,18,23H,5-8,11-13H2,1-2H3/t18-/m1/s1. The monoisotopic (exact) mass is 374 g/mol. The Morgan fingerprint density at radius 3 is 2.50 bits per heavy atom. The van der Waals surface area contributed by atoms with Crippen LogP contribution in [0.4, 0.5) is 0 Å². The SMILES string of the molecule is Cc1cc([C@H](O)CN2CCN(Cc3ccc4c(c3)OCO4)CC2)c(C)s1. The van der Waals surface area contributed by atoms with Crippen molar-refractivity contribution in [1.82, 2.24) is 9.80 Å². The normalized spacial score (nSPS) is 19.0. The van der Waals surface area contributed by atoms with Crippen LogP contribution in [0.5, 0.6) is 11.5 Å². The number of thiophene rings is 1. The van der Waals surface area contributed by atoms with Gasteiger partial charge in [-0.1, -0.05) is 6.07 Å². The minimum atomic E-state index is -0.389. The Morgan fingerprint density at radius 2 is 1.77 bits per heavy atom. The van der Waals surface area contributed by atoms with E-state index in [1.54, 1.807) is 11.3 Å². The largest absolute Gasteiger partial charge is 0.454 e. The smallest absolute Gasteiger partial charge is 0.231 e. The Balaban J connectivity index is 1.28. The summed E-state index contributed by atoms with van der Waals surface area (Å²) < 4.78 is 10.8. The van der Waals surface area contributed by atoms with Crippen LogP contribution in [-0.4, -0.2) is 54.4 Å². The zero-order valence-electron chi connectivity index (χ0n) is 15.4. The zero-order chi connectivity index (χ0) is 18.1. The molecule has 1 saturated heterocycles. The van der Waals surface area contributed by atoms with Crippen LogP contribution in [0.2, 0.25) is 0 Å². The molecule has 1 atom stereocenters. The number of piperazine rings is 1. The van der Waals surface area contributed by atoms with E-state index in [9.17, 15) is 5.11 Å². The fourth-order valence-electron chi connectivity index (χ4n) is 3.75. The average molecular weight is 375 g/mol. The van der Waals surface area contributed by atoms with Gasteiger partial charge >= 0.3 is 0 Å². The quantitative estimate of drug-likeness (QED) is 0.872. The molecule has 0 saturated carbocycles. The number of hydrogen-bond acceptors (Lipinski definition) is 6. The van der Waals surface area contributed by atoms with Gasteiger partial charge in [-0.05, 0) is 43.2 Å². The van der Waals surface area contributed by atoms with Crippen LogP contribution in [-0.2, 0) is 6.54 Å². The molecule has 1 aromatic heterocycles. The molecular weight excluding hydrogens is 348 g/mol. The van der Waals surface area contributed by atoms with Crippen molar-refractivity contribution in [2.75, 3.05) is 39.5 Å². The number of rotatable bonds is 5. The van der Waals surface area contributed by atoms with Gasteiger partial charge in [0.2, 0.25) is 6.79 Å². The molecule has 0 amide bonds. The van der Waals surface area contributed by atoms with Crippen LogP contribution in [0.25, 0.3) is 0 Å². The summed E-state index contributed by atoms with van der Waals surface area (Å²) in [6.07, 6.45) is -0.389. The molecule has 0 aliphatic carbocycles. The minimum absolute atomic E-state index is 0.322. The molecule has 0 unspecified atom stereocenters. The first-order chi connectivity index (χ1) is 12.6. The van der Waals surface area contributed by atoms with E-state index < -0.39 is 0 Å². The fraction of sp³-hybridized carbons (Fsp3) is 0.500. The van der Waals surface area contributed by atoms with Gasteiger partial charge in [0, 0.05) is 49.0 Å². The van der Waals surface area contributed by atoms with Crippen molar-refractivity contribution in [1.29, 1.82) is 0 Å². The lowest BCUT2D eigenvalue weighted by atomic mass is 10.1. The number of nitrogens with zero attached hydrogens (tertiary/aromatic N) is 2. The maximum atomic E-state index is 10.6. The molecule has 2 aliphatic heterocycles. The lowest BCUT2D eigenvalue weighted by molar-refractivity contribution is 0.0700. The molecule has 0 bridgehead atoms. The van der Waals surface area contributed by atoms with Crippen molar-refractivity contribution in [3.8, 4) is 11.5 Å². The van der Waals surface area contributed by atoms with Crippen molar-refractivity contribution in [3.05, 3.63) is 45.1 Å². The van der Waals surface area contributed by atoms with Gasteiger partial charge < -0.3 is 14.6 Å². The molecule has 5 nitrogen and oxygen atoms in total. The molecule has 140 valence electrons. The topological polar surface area (TPSA) is 45.2 Å². The summed E-state index contributed by atoms with van der Waals surface area (Å²) in [5, 5.41) is 10.6. The van der Waals surface area contributed by atoms with Crippen LogP contribution in [0.1, 0.15) is 27.0 Å². The second-order valence-corrected chi connectivity index (χ2v) is 8.61. The predicted octanol–water partition coefficient (Wildman–Crippen LogP) is 2.94. The number of β-amino-alcohol motifs (C(OH)–C–C–N with tert-alkyl or cyclic N) is 1. The van der Waals surface area contributed by atoms with Crippen molar-refractivity contribution >= 4 is 11.3 Å². The first-order valence-corrected chi connectivity index (χ1v) is 9.98. The summed E-state index contributed by atoms with van der Waals surface area (Å²) in [7, 11) is 0. The second-order valence-electron chi connectivity index (χ2n) is 7.15. The molecule has 4 rings (SSSR count). The Kier molecular flexibility index (Phi) is 5.18. The molecule has 0 spiro atoms. The third kappa shape index (κ3) is 3.88. The average Bonchev–Trinajstić information content (AvgIpc) is 3.22. The van der Waals surface area contributed by atoms with Crippen molar-refractivity contribution in [2.24, 2.45) is 0 Å². The molecule has 2 aromatic rings. The summed E-state index contributed by atoms with van der Waals surface area (Å²) in [5.74, 6) is 1.69. The highest BCUT2D eigenvalue weighted by Crippen LogP contribution is 2.33. The number of benzene rings is 1. The van der Waals surface area contributed by atoms with Crippen LogP contribution < -0.4 is 9.47 Å². The zero-order valence-corrected chi connectivity index (χ0v) is 16.2. The molecule has 6 heteroatoms. The summed E-state index contributed by atoms with van der Waals surface area (Å²) in [4.78, 5) is 7.33. The third-order valence-electron chi connectivity index (χ3n) is 5.18. The fourth-order valence-corrected chi connectivity index (χ4v) is 4.73. The van der Waals surface area contributed by atoms with E-state index in [1.807, 2.05) is 6.07 Å². The number of aliphatic hydroxyl groups excluding tert-OH is 1. The highest BCUT2D eigenvalue weighted by Gasteiger charge is 2.22. The molecule has 26 heavy (non-hydrogen) atoms. The summed E-state index contributed by atoms with van der Waals surface area (Å²) in [6.45, 7) is 10.2. The first kappa shape index (κ1) is 17.8. The van der Waals surface area contributed by atoms with Crippen LogP contribution in [0.3, 0.4) is 0 Å². The van der Waals surface area contributed by atoms with E-state index in [4.69, 9.17) is 9.47 Å². The summed E-state index contributed by atoms with van der Waals surface area (Å²) in [6, 6.07) is 8.32. The highest BCUT2D eigenvalue weighted by atomic mass is 32.1. The van der Waals surface area contributed by atoms with Gasteiger partial charge in [0.15, 0.2) is 11.5 Å². The van der Waals surface area contributed by atoms with E-state index in [0.717, 1.165) is 56.3 Å². The Labute approximate surface area is 158 Å². The highest BCUT2D eigenvalue weighted by molar-refractivity contribution is 7.12. The van der Waals surface area contributed by atoms with Gasteiger partial charge in [-0.3, -0.25) is 9.80 Å². The molecule has 1 N–H and O–H groups in total. The Hall–Kier alpha value is -1.60. The number of ether oxygens (including phenoxy) is 2. The molecule has 0 radical (unpaired) electrons. The molecule has 3 heterocycles. The number of aliphatic hydroxyl groups is 1. The van der Waals surface area contributed by atoms with Crippen molar-refractivity contribution in [2.45, 2.75) is 26.5 Å². The molecule has 1 fully saturated rings. The molecule has 1 aromatic carbocycles. The lowest BCUT2D eigenvalue weighted by Gasteiger charge is -2.35. The van der Waals surface area contributed by atoms with Gasteiger partial charge in [-0.15, -0.1) is 11.3 Å². The van der Waals surface area contributed by atoms with Crippen molar-refractivity contribution in [3.63, 3.8) is 0 Å². The van der Waals surface area contributed by atoms with E-state index in [-0.39, 0.29) is 6.10 Å². The van der Waals surface area contributed by atoms with E-state index in [2.05, 4.69) is 41.8 Å². The van der Waals surface area contributed by atoms with Gasteiger partial charge in [-0.2, -0.15) is 0 Å². The van der Waals surface area contributed by atoms with Gasteiger partial charge in [0.05, 0.1) is 6.10 Å². The van der Waals surface area contributed by atoms with Gasteiger partial charge in [-0.25, -0.2) is 0 Å². The maximum absolute atomic E-state index is 10.6. The van der Waals surface area contributed by atoms with Gasteiger partial charge in [0.1, 0.15) is 0 Å². The number of fused-ring (bicyclic) bond motifs is 1. The number of hydrogen-bond donors (Lipinski definition) is 1. The predicted molar refractivity (Wildman–Crippen MR) is 103 cm³/mol. The van der Waals surface area contributed by atoms with E-state index in [1.165, 1.54) is 15.3 Å². The van der Waals surface area contributed by atoms with Crippen LogP contribution >= 0.6 is 11.3 Å². The third-order valence-corrected chi connectivity index (χ3v) is 6.16. The number of aryl methyl sites for hydroxylation is 2. The second kappa shape index (κ2) is 7.56. The maximum Gasteiger partial charge on any atom is 0.231 e. The molecule has 2 aliphatic rings. The van der Waals surface area contributed by atoms with Crippen molar-refractivity contribution < 1.29 is 14.6 Å². The van der Waals surface area contributed by atoms with E-state index in [0.29, 0.717) is 6.79 Å². The van der Waals surface area contributed by atoms with Gasteiger partial charge in [0.25, 0.3) is 0 Å². The summed E-state index contributed by atoms with van der Waals surface area (Å²) in [5.41, 5.74) is 2.35. The molecular formula is C20H26N2O3S. The Bertz CT molecular complexity index is 768. The van der Waals surface area contributed by atoms with Crippen LogP contribution in [0.15, 0.2) is 24.3 Å². The first-order valence-electron chi connectivity index (χ1n) is 9.17. The summed E-state index contributed by atoms with van der Waals surface area (Å²) >= 11 is 1.76. The Morgan fingerprint density at radius 1 is 1.04 bits per heavy atom. The van der Waals surface area contributed by atoms with Crippen LogP contribution in [0, 0.1) is 13.8 Å². The lowest BCUT2D eigenvalue weighted by Crippen LogP contribution is -2.47. The minimum Gasteiger partial charge on any atom is -0.454 e. The van der Waals surface area contributed by atoms with E-state index >= 15 is 0 Å².